The number of halogens is 1. The van der Waals surface area contributed by atoms with E-state index < -0.39 is 0 Å². The summed E-state index contributed by atoms with van der Waals surface area (Å²) in [7, 11) is 0. The molecule has 1 aliphatic heterocycles. The number of nitrogens with zero attached hydrogens (tertiary/aromatic N) is 1. The van der Waals surface area contributed by atoms with Crippen molar-refractivity contribution in [2.24, 2.45) is 0 Å². The van der Waals surface area contributed by atoms with Gasteiger partial charge in [0.25, 0.3) is 5.91 Å². The first-order valence-corrected chi connectivity index (χ1v) is 10.7. The smallest absolute Gasteiger partial charge is 0.260 e. The number of nitrogens with one attached hydrogen (secondary N) is 1. The standard InChI is InChI=1S/C25H25ClN2O2/c26-22-13-7-8-14-23(22)30-19-24(29)27-15-17-28(18-16-27)25(20-9-3-1-4-10-20)21-11-5-2-6-12-21/h1-14,25H,15-19H2/p+1. The first-order valence-electron chi connectivity index (χ1n) is 10.3. The molecule has 1 saturated heterocycles. The Balaban J connectivity index is 1.40. The lowest BCUT2D eigenvalue weighted by atomic mass is 9.96. The average Bonchev–Trinajstić information content (AvgIpc) is 2.80. The van der Waals surface area contributed by atoms with E-state index in [2.05, 4.69) is 60.7 Å². The Morgan fingerprint density at radius 3 is 1.97 bits per heavy atom. The molecule has 4 rings (SSSR count). The Bertz CT molecular complexity index is 918. The van der Waals surface area contributed by atoms with Crippen molar-refractivity contribution in [3.63, 3.8) is 0 Å². The number of carbonyl (C=O) groups is 1. The zero-order valence-electron chi connectivity index (χ0n) is 16.8. The predicted octanol–water partition coefficient (Wildman–Crippen LogP) is 3.24. The van der Waals surface area contributed by atoms with Gasteiger partial charge in [-0.2, -0.15) is 0 Å². The van der Waals surface area contributed by atoms with E-state index in [1.165, 1.54) is 16.0 Å². The predicted molar refractivity (Wildman–Crippen MR) is 119 cm³/mol. The first-order chi connectivity index (χ1) is 14.7. The molecular formula is C25H26ClN2O2+. The van der Waals surface area contributed by atoms with Crippen LogP contribution < -0.4 is 9.64 Å². The van der Waals surface area contributed by atoms with Crippen molar-refractivity contribution in [3.05, 3.63) is 101 Å². The number of hydrogen-bond acceptors (Lipinski definition) is 2. The van der Waals surface area contributed by atoms with Gasteiger partial charge in [0, 0.05) is 11.1 Å². The van der Waals surface area contributed by atoms with Gasteiger partial charge in [0.15, 0.2) is 6.61 Å². The highest BCUT2D eigenvalue weighted by Crippen LogP contribution is 2.23. The van der Waals surface area contributed by atoms with Crippen LogP contribution in [0.4, 0.5) is 0 Å². The average molecular weight is 422 g/mol. The van der Waals surface area contributed by atoms with Gasteiger partial charge in [-0.3, -0.25) is 4.79 Å². The summed E-state index contributed by atoms with van der Waals surface area (Å²) in [6.07, 6.45) is 0. The molecule has 1 amide bonds. The second kappa shape index (κ2) is 9.79. The highest BCUT2D eigenvalue weighted by molar-refractivity contribution is 6.32. The molecule has 30 heavy (non-hydrogen) atoms. The van der Waals surface area contributed by atoms with Gasteiger partial charge in [0.1, 0.15) is 11.8 Å². The summed E-state index contributed by atoms with van der Waals surface area (Å²) in [5, 5.41) is 0.521. The molecular weight excluding hydrogens is 396 g/mol. The summed E-state index contributed by atoms with van der Waals surface area (Å²) in [6.45, 7) is 3.24. The van der Waals surface area contributed by atoms with Gasteiger partial charge < -0.3 is 14.5 Å². The van der Waals surface area contributed by atoms with Gasteiger partial charge in [-0.1, -0.05) is 84.4 Å². The van der Waals surface area contributed by atoms with E-state index in [4.69, 9.17) is 16.3 Å². The Labute approximate surface area is 182 Å². The summed E-state index contributed by atoms with van der Waals surface area (Å²) in [5.41, 5.74) is 2.61. The van der Waals surface area contributed by atoms with E-state index in [0.717, 1.165) is 26.2 Å². The molecule has 5 heteroatoms. The van der Waals surface area contributed by atoms with Gasteiger partial charge in [-0.05, 0) is 12.1 Å². The number of para-hydroxylation sites is 1. The van der Waals surface area contributed by atoms with Crippen LogP contribution in [0.25, 0.3) is 0 Å². The van der Waals surface area contributed by atoms with Crippen molar-refractivity contribution in [2.45, 2.75) is 6.04 Å². The number of carbonyl (C=O) groups excluding carboxylic acids is 1. The third-order valence-corrected chi connectivity index (χ3v) is 5.93. The van der Waals surface area contributed by atoms with E-state index >= 15 is 0 Å². The molecule has 3 aromatic rings. The number of ether oxygens (including phenoxy) is 1. The Morgan fingerprint density at radius 1 is 0.867 bits per heavy atom. The van der Waals surface area contributed by atoms with Gasteiger partial charge in [0.2, 0.25) is 0 Å². The quantitative estimate of drug-likeness (QED) is 0.663. The number of quaternary nitrogens is 1. The zero-order chi connectivity index (χ0) is 20.8. The number of piperazine rings is 1. The second-order valence-corrected chi connectivity index (χ2v) is 7.92. The van der Waals surface area contributed by atoms with Crippen LogP contribution >= 0.6 is 11.6 Å². The monoisotopic (exact) mass is 421 g/mol. The third kappa shape index (κ3) is 4.84. The van der Waals surface area contributed by atoms with E-state index in [9.17, 15) is 4.79 Å². The Morgan fingerprint density at radius 2 is 1.40 bits per heavy atom. The summed E-state index contributed by atoms with van der Waals surface area (Å²) >= 11 is 6.11. The first kappa shape index (κ1) is 20.5. The molecule has 0 unspecified atom stereocenters. The van der Waals surface area contributed by atoms with Gasteiger partial charge in [-0.25, -0.2) is 0 Å². The van der Waals surface area contributed by atoms with E-state index in [1.54, 1.807) is 12.1 Å². The molecule has 0 aromatic heterocycles. The molecule has 1 fully saturated rings. The third-order valence-electron chi connectivity index (χ3n) is 5.62. The lowest BCUT2D eigenvalue weighted by Gasteiger charge is -2.37. The molecule has 1 aliphatic rings. The van der Waals surface area contributed by atoms with Crippen LogP contribution in [0.1, 0.15) is 17.2 Å². The maximum absolute atomic E-state index is 12.6. The summed E-state index contributed by atoms with van der Waals surface area (Å²) in [4.78, 5) is 16.0. The highest BCUT2D eigenvalue weighted by atomic mass is 35.5. The molecule has 3 aromatic carbocycles. The van der Waals surface area contributed by atoms with Crippen molar-refractivity contribution in [1.82, 2.24) is 4.90 Å². The Hall–Kier alpha value is -2.82. The zero-order valence-corrected chi connectivity index (χ0v) is 17.6. The Kier molecular flexibility index (Phi) is 6.67. The summed E-state index contributed by atoms with van der Waals surface area (Å²) in [6, 6.07) is 28.8. The van der Waals surface area contributed by atoms with Gasteiger partial charge in [0.05, 0.1) is 31.2 Å². The summed E-state index contributed by atoms with van der Waals surface area (Å²) in [5.74, 6) is 0.551. The number of benzene rings is 3. The molecule has 0 aliphatic carbocycles. The lowest BCUT2D eigenvalue weighted by Crippen LogP contribution is -3.15. The van der Waals surface area contributed by atoms with Crippen molar-refractivity contribution >= 4 is 17.5 Å². The number of amides is 1. The minimum absolute atomic E-state index is 0.00458. The highest BCUT2D eigenvalue weighted by Gasteiger charge is 2.31. The lowest BCUT2D eigenvalue weighted by molar-refractivity contribution is -0.929. The molecule has 1 heterocycles. The number of rotatable bonds is 6. The van der Waals surface area contributed by atoms with Crippen LogP contribution in [0.3, 0.4) is 0 Å². The second-order valence-electron chi connectivity index (χ2n) is 7.51. The molecule has 0 spiro atoms. The number of hydrogen-bond donors (Lipinski definition) is 1. The van der Waals surface area contributed by atoms with Crippen LogP contribution in [0.5, 0.6) is 5.75 Å². The SMILES string of the molecule is O=C(COc1ccccc1Cl)N1CC[NH+](C(c2ccccc2)c2ccccc2)CC1. The molecule has 0 atom stereocenters. The van der Waals surface area contributed by atoms with Crippen molar-refractivity contribution in [1.29, 1.82) is 0 Å². The van der Waals surface area contributed by atoms with Crippen LogP contribution in [-0.4, -0.2) is 43.6 Å². The molecule has 154 valence electrons. The van der Waals surface area contributed by atoms with Crippen LogP contribution in [-0.2, 0) is 4.79 Å². The van der Waals surface area contributed by atoms with Crippen molar-refractivity contribution in [3.8, 4) is 5.75 Å². The van der Waals surface area contributed by atoms with Gasteiger partial charge in [-0.15, -0.1) is 0 Å². The molecule has 0 radical (unpaired) electrons. The van der Waals surface area contributed by atoms with E-state index in [-0.39, 0.29) is 18.6 Å². The fourth-order valence-corrected chi connectivity index (χ4v) is 4.27. The van der Waals surface area contributed by atoms with Crippen LogP contribution in [0.2, 0.25) is 5.02 Å². The maximum Gasteiger partial charge on any atom is 0.260 e. The maximum atomic E-state index is 12.6. The minimum atomic E-state index is 0.00458. The summed E-state index contributed by atoms with van der Waals surface area (Å²) < 4.78 is 5.63. The minimum Gasteiger partial charge on any atom is -0.482 e. The van der Waals surface area contributed by atoms with Crippen molar-refractivity contribution < 1.29 is 14.4 Å². The molecule has 0 bridgehead atoms. The molecule has 0 saturated carbocycles. The molecule has 4 nitrogen and oxygen atoms in total. The van der Waals surface area contributed by atoms with Crippen LogP contribution in [0.15, 0.2) is 84.9 Å². The van der Waals surface area contributed by atoms with E-state index in [0.29, 0.717) is 10.8 Å². The normalized spacial score (nSPS) is 14.7. The largest absolute Gasteiger partial charge is 0.482 e. The van der Waals surface area contributed by atoms with Crippen molar-refractivity contribution in [2.75, 3.05) is 32.8 Å². The van der Waals surface area contributed by atoms with Gasteiger partial charge >= 0.3 is 0 Å². The van der Waals surface area contributed by atoms with Crippen LogP contribution in [0, 0.1) is 0 Å². The molecule has 1 N–H and O–H groups in total. The topological polar surface area (TPSA) is 34.0 Å². The van der Waals surface area contributed by atoms with E-state index in [1.807, 2.05) is 17.0 Å². The fraction of sp³-hybridized carbons (Fsp3) is 0.240. The fourth-order valence-electron chi connectivity index (χ4n) is 4.08.